The number of nitrogens with one attached hydrogen (secondary N) is 1. The fourth-order valence-electron chi connectivity index (χ4n) is 3.14. The Morgan fingerprint density at radius 1 is 1.14 bits per heavy atom. The second-order valence-corrected chi connectivity index (χ2v) is 6.18. The molecule has 2 fully saturated rings. The smallest absolute Gasteiger partial charge is 0.263 e. The summed E-state index contributed by atoms with van der Waals surface area (Å²) in [5.41, 5.74) is 5.44. The minimum atomic E-state index is -0.286. The van der Waals surface area contributed by atoms with Crippen molar-refractivity contribution in [3.63, 3.8) is 0 Å². The molecule has 2 rings (SSSR count). The summed E-state index contributed by atoms with van der Waals surface area (Å²) in [4.78, 5) is 25.3. The highest BCUT2D eigenvalue weighted by Gasteiger charge is 2.23. The lowest BCUT2D eigenvalue weighted by Crippen LogP contribution is -2.39. The van der Waals surface area contributed by atoms with E-state index in [1.807, 2.05) is 11.0 Å². The van der Waals surface area contributed by atoms with Crippen LogP contribution < -0.4 is 11.1 Å². The van der Waals surface area contributed by atoms with Gasteiger partial charge in [-0.1, -0.05) is 19.3 Å². The first kappa shape index (κ1) is 16.3. The predicted molar refractivity (Wildman–Crippen MR) is 82.2 cm³/mol. The standard InChI is InChI=1S/C16H24N4O2/c17-10-13(16(22)19-14-4-2-1-3-5-14)11-20-8-6-12(7-9-20)15(18)21/h11-12,14H,1-9H2,(H2,18,21)(H,19,22)/b13-11+. The van der Waals surface area contributed by atoms with Crippen LogP contribution in [-0.2, 0) is 9.59 Å². The second-order valence-electron chi connectivity index (χ2n) is 6.18. The molecule has 0 atom stereocenters. The molecule has 1 aliphatic heterocycles. The molecule has 2 aliphatic rings. The van der Waals surface area contributed by atoms with Crippen LogP contribution in [0.3, 0.4) is 0 Å². The number of rotatable bonds is 4. The summed E-state index contributed by atoms with van der Waals surface area (Å²) in [6.45, 7) is 1.30. The van der Waals surface area contributed by atoms with Crippen LogP contribution in [0.15, 0.2) is 11.8 Å². The first-order chi connectivity index (χ1) is 10.6. The van der Waals surface area contributed by atoms with Crippen molar-refractivity contribution >= 4 is 11.8 Å². The van der Waals surface area contributed by atoms with Crippen molar-refractivity contribution in [3.8, 4) is 6.07 Å². The highest BCUT2D eigenvalue weighted by molar-refractivity contribution is 5.97. The second kappa shape index (κ2) is 7.83. The zero-order valence-corrected chi connectivity index (χ0v) is 12.9. The molecule has 0 spiro atoms. The fraction of sp³-hybridized carbons (Fsp3) is 0.688. The van der Waals surface area contributed by atoms with Gasteiger partial charge in [-0.05, 0) is 25.7 Å². The van der Waals surface area contributed by atoms with Crippen LogP contribution in [0.1, 0.15) is 44.9 Å². The Labute approximate surface area is 131 Å². The molecule has 6 nitrogen and oxygen atoms in total. The number of nitrogens with zero attached hydrogens (tertiary/aromatic N) is 2. The first-order valence-electron chi connectivity index (χ1n) is 8.06. The van der Waals surface area contributed by atoms with Crippen LogP contribution in [0.25, 0.3) is 0 Å². The van der Waals surface area contributed by atoms with Gasteiger partial charge < -0.3 is 16.0 Å². The van der Waals surface area contributed by atoms with E-state index in [4.69, 9.17) is 5.73 Å². The van der Waals surface area contributed by atoms with E-state index in [2.05, 4.69) is 5.32 Å². The molecule has 0 unspecified atom stereocenters. The molecule has 0 aromatic rings. The van der Waals surface area contributed by atoms with Crippen LogP contribution in [0, 0.1) is 17.2 Å². The van der Waals surface area contributed by atoms with E-state index in [0.29, 0.717) is 25.9 Å². The van der Waals surface area contributed by atoms with Crippen molar-refractivity contribution in [2.75, 3.05) is 13.1 Å². The van der Waals surface area contributed by atoms with Crippen molar-refractivity contribution in [1.82, 2.24) is 10.2 Å². The summed E-state index contributed by atoms with van der Waals surface area (Å²) in [7, 11) is 0. The summed E-state index contributed by atoms with van der Waals surface area (Å²) < 4.78 is 0. The number of piperidine rings is 1. The summed E-state index contributed by atoms with van der Waals surface area (Å²) in [6.07, 6.45) is 8.46. The van der Waals surface area contributed by atoms with Crippen LogP contribution in [0.5, 0.6) is 0 Å². The number of likely N-dealkylation sites (tertiary alicyclic amines) is 1. The molecule has 1 aliphatic carbocycles. The SMILES string of the molecule is N#C/C(=C\N1CCC(C(N)=O)CC1)C(=O)NC1CCCCC1. The fourth-order valence-corrected chi connectivity index (χ4v) is 3.14. The van der Waals surface area contributed by atoms with E-state index < -0.39 is 0 Å². The number of primary amides is 1. The number of carbonyl (C=O) groups is 2. The van der Waals surface area contributed by atoms with Crippen LogP contribution in [0.4, 0.5) is 0 Å². The molecule has 1 heterocycles. The Bertz CT molecular complexity index is 481. The van der Waals surface area contributed by atoms with Gasteiger partial charge in [0.1, 0.15) is 11.6 Å². The van der Waals surface area contributed by atoms with E-state index >= 15 is 0 Å². The number of hydrogen-bond acceptors (Lipinski definition) is 4. The van der Waals surface area contributed by atoms with Gasteiger partial charge in [0.15, 0.2) is 0 Å². The molecular formula is C16H24N4O2. The zero-order chi connectivity index (χ0) is 15.9. The van der Waals surface area contributed by atoms with Gasteiger partial charge in [-0.25, -0.2) is 0 Å². The number of nitrogens with two attached hydrogens (primary N) is 1. The first-order valence-corrected chi connectivity index (χ1v) is 8.06. The molecule has 0 bridgehead atoms. The quantitative estimate of drug-likeness (QED) is 0.598. The van der Waals surface area contributed by atoms with Gasteiger partial charge in [0.05, 0.1) is 0 Å². The normalized spacial score (nSPS) is 21.2. The minimum absolute atomic E-state index is 0.0914. The minimum Gasteiger partial charge on any atom is -0.376 e. The van der Waals surface area contributed by atoms with Crippen molar-refractivity contribution in [2.24, 2.45) is 11.7 Å². The lowest BCUT2D eigenvalue weighted by Gasteiger charge is -2.29. The zero-order valence-electron chi connectivity index (χ0n) is 12.9. The van der Waals surface area contributed by atoms with Crippen LogP contribution in [0.2, 0.25) is 0 Å². The van der Waals surface area contributed by atoms with Gasteiger partial charge >= 0.3 is 0 Å². The summed E-state index contributed by atoms with van der Waals surface area (Å²) in [5, 5.41) is 12.2. The van der Waals surface area contributed by atoms with Crippen molar-refractivity contribution in [2.45, 2.75) is 51.0 Å². The molecule has 0 aromatic heterocycles. The molecule has 2 amide bonds. The third-order valence-corrected chi connectivity index (χ3v) is 4.55. The lowest BCUT2D eigenvalue weighted by molar-refractivity contribution is -0.123. The van der Waals surface area contributed by atoms with Gasteiger partial charge in [0.2, 0.25) is 5.91 Å². The van der Waals surface area contributed by atoms with Gasteiger partial charge in [0, 0.05) is 31.2 Å². The Balaban J connectivity index is 1.89. The number of nitriles is 1. The third-order valence-electron chi connectivity index (χ3n) is 4.55. The largest absolute Gasteiger partial charge is 0.376 e. The monoisotopic (exact) mass is 304 g/mol. The van der Waals surface area contributed by atoms with Crippen LogP contribution in [-0.4, -0.2) is 35.8 Å². The summed E-state index contributed by atoms with van der Waals surface area (Å²) in [6, 6.07) is 2.18. The molecule has 1 saturated heterocycles. The van der Waals surface area contributed by atoms with Gasteiger partial charge in [-0.15, -0.1) is 0 Å². The molecule has 1 saturated carbocycles. The Hall–Kier alpha value is -2.03. The Morgan fingerprint density at radius 2 is 1.77 bits per heavy atom. The van der Waals surface area contributed by atoms with Crippen molar-refractivity contribution in [3.05, 3.63) is 11.8 Å². The van der Waals surface area contributed by atoms with E-state index in [1.54, 1.807) is 6.20 Å². The average molecular weight is 304 g/mol. The topological polar surface area (TPSA) is 99.2 Å². The summed E-state index contributed by atoms with van der Waals surface area (Å²) in [5.74, 6) is -0.642. The van der Waals surface area contributed by atoms with Crippen molar-refractivity contribution < 1.29 is 9.59 Å². The molecule has 3 N–H and O–H groups in total. The van der Waals surface area contributed by atoms with E-state index in [9.17, 15) is 14.9 Å². The lowest BCUT2D eigenvalue weighted by atomic mass is 9.95. The van der Waals surface area contributed by atoms with Gasteiger partial charge in [0.25, 0.3) is 5.91 Å². The van der Waals surface area contributed by atoms with E-state index in [-0.39, 0.29) is 29.3 Å². The molecular weight excluding hydrogens is 280 g/mol. The maximum atomic E-state index is 12.2. The van der Waals surface area contributed by atoms with Gasteiger partial charge in [-0.2, -0.15) is 5.26 Å². The highest BCUT2D eigenvalue weighted by atomic mass is 16.2. The molecule has 0 radical (unpaired) electrons. The molecule has 120 valence electrons. The molecule has 0 aromatic carbocycles. The molecule has 6 heteroatoms. The maximum absolute atomic E-state index is 12.2. The number of carbonyl (C=O) groups excluding carboxylic acids is 2. The Kier molecular flexibility index (Phi) is 5.82. The number of amides is 2. The highest BCUT2D eigenvalue weighted by Crippen LogP contribution is 2.19. The average Bonchev–Trinajstić information content (AvgIpc) is 2.53. The Morgan fingerprint density at radius 3 is 2.32 bits per heavy atom. The van der Waals surface area contributed by atoms with E-state index in [1.165, 1.54) is 6.42 Å². The molecule has 22 heavy (non-hydrogen) atoms. The number of hydrogen-bond donors (Lipinski definition) is 2. The predicted octanol–water partition coefficient (Wildman–Crippen LogP) is 1.04. The van der Waals surface area contributed by atoms with Gasteiger partial charge in [-0.3, -0.25) is 9.59 Å². The van der Waals surface area contributed by atoms with Crippen LogP contribution >= 0.6 is 0 Å². The van der Waals surface area contributed by atoms with Crippen molar-refractivity contribution in [1.29, 1.82) is 5.26 Å². The van der Waals surface area contributed by atoms with E-state index in [0.717, 1.165) is 25.7 Å². The maximum Gasteiger partial charge on any atom is 0.263 e. The third kappa shape index (κ3) is 4.48. The summed E-state index contributed by atoms with van der Waals surface area (Å²) >= 11 is 0.